The zero-order valence-electron chi connectivity index (χ0n) is 12.7. The van der Waals surface area contributed by atoms with Crippen LogP contribution in [0.25, 0.3) is 0 Å². The summed E-state index contributed by atoms with van der Waals surface area (Å²) in [5.41, 5.74) is 0.379. The molecule has 0 atom stereocenters. The first-order chi connectivity index (χ1) is 11.6. The van der Waals surface area contributed by atoms with Gasteiger partial charge in [0.05, 0.1) is 28.4 Å². The Labute approximate surface area is 136 Å². The van der Waals surface area contributed by atoms with Gasteiger partial charge in [0.2, 0.25) is 0 Å². The smallest absolute Gasteiger partial charge is 0.329 e. The Bertz CT molecular complexity index is 791. The number of aromatic nitrogens is 3. The van der Waals surface area contributed by atoms with E-state index in [0.717, 1.165) is 6.42 Å². The Kier molecular flexibility index (Phi) is 3.19. The molecule has 1 aromatic carbocycles. The summed E-state index contributed by atoms with van der Waals surface area (Å²) < 4.78 is 0. The van der Waals surface area contributed by atoms with Gasteiger partial charge in [-0.2, -0.15) is 15.4 Å². The van der Waals surface area contributed by atoms with Crippen molar-refractivity contribution in [1.29, 1.82) is 0 Å². The highest BCUT2D eigenvalue weighted by Crippen LogP contribution is 2.45. The number of hydrogen-bond acceptors (Lipinski definition) is 6. The molecule has 1 N–H and O–H groups in total. The quantitative estimate of drug-likeness (QED) is 0.848. The van der Waals surface area contributed by atoms with E-state index in [1.807, 2.05) is 0 Å². The molecule has 2 amide bonds. The maximum Gasteiger partial charge on any atom is 0.339 e. The van der Waals surface area contributed by atoms with Crippen LogP contribution in [0.1, 0.15) is 45.7 Å². The fourth-order valence-corrected chi connectivity index (χ4v) is 3.14. The molecule has 2 heterocycles. The molecule has 2 aromatic rings. The highest BCUT2D eigenvalue weighted by Gasteiger charge is 2.49. The number of amides is 2. The molecular weight excluding hydrogens is 312 g/mol. The molecule has 0 unspecified atom stereocenters. The van der Waals surface area contributed by atoms with Crippen LogP contribution in [0.2, 0.25) is 0 Å². The molecule has 8 nitrogen and oxygen atoms in total. The highest BCUT2D eigenvalue weighted by molar-refractivity contribution is 6.20. The second-order valence-electron chi connectivity index (χ2n) is 6.10. The molecule has 0 radical (unpaired) electrons. The number of benzene rings is 1. The first-order valence-corrected chi connectivity index (χ1v) is 7.66. The zero-order chi connectivity index (χ0) is 16.7. The van der Waals surface area contributed by atoms with E-state index in [4.69, 9.17) is 4.84 Å². The summed E-state index contributed by atoms with van der Waals surface area (Å²) in [5.74, 6) is -1.80. The molecule has 122 valence electrons. The number of hydrogen-bond donors (Lipinski definition) is 1. The van der Waals surface area contributed by atoms with Crippen molar-refractivity contribution in [3.05, 3.63) is 47.3 Å². The number of carbonyl (C=O) groups is 3. The summed E-state index contributed by atoms with van der Waals surface area (Å²) >= 11 is 0. The molecular formula is C16H14N4O4. The average Bonchev–Trinajstić information content (AvgIpc) is 3.14. The molecule has 0 spiro atoms. The zero-order valence-corrected chi connectivity index (χ0v) is 12.7. The van der Waals surface area contributed by atoms with Crippen LogP contribution in [0.4, 0.5) is 0 Å². The van der Waals surface area contributed by atoms with Crippen LogP contribution in [-0.2, 0) is 16.1 Å². The predicted molar refractivity (Wildman–Crippen MR) is 79.4 cm³/mol. The second-order valence-corrected chi connectivity index (χ2v) is 6.10. The molecule has 1 saturated carbocycles. The van der Waals surface area contributed by atoms with Gasteiger partial charge in [-0.1, -0.05) is 23.6 Å². The van der Waals surface area contributed by atoms with Gasteiger partial charge in [0.15, 0.2) is 0 Å². The number of imide groups is 1. The van der Waals surface area contributed by atoms with E-state index in [1.165, 1.54) is 12.1 Å². The number of nitrogens with zero attached hydrogens (tertiary/aromatic N) is 3. The van der Waals surface area contributed by atoms with Gasteiger partial charge in [0, 0.05) is 6.42 Å². The highest BCUT2D eigenvalue weighted by atomic mass is 16.7. The molecule has 0 saturated heterocycles. The van der Waals surface area contributed by atoms with E-state index in [1.54, 1.807) is 18.3 Å². The summed E-state index contributed by atoms with van der Waals surface area (Å²) in [6.45, 7) is 0. The monoisotopic (exact) mass is 326 g/mol. The third-order valence-corrected chi connectivity index (χ3v) is 4.66. The van der Waals surface area contributed by atoms with Crippen molar-refractivity contribution in [3.8, 4) is 0 Å². The molecule has 1 aromatic heterocycles. The van der Waals surface area contributed by atoms with Crippen LogP contribution in [0, 0.1) is 5.41 Å². The maximum absolute atomic E-state index is 12.6. The van der Waals surface area contributed by atoms with Crippen LogP contribution < -0.4 is 0 Å². The van der Waals surface area contributed by atoms with Crippen molar-refractivity contribution in [3.63, 3.8) is 0 Å². The van der Waals surface area contributed by atoms with Crippen LogP contribution in [0.15, 0.2) is 30.5 Å². The van der Waals surface area contributed by atoms with E-state index in [0.29, 0.717) is 30.0 Å². The van der Waals surface area contributed by atoms with Crippen molar-refractivity contribution < 1.29 is 19.2 Å². The van der Waals surface area contributed by atoms with E-state index < -0.39 is 23.2 Å². The molecule has 2 aliphatic rings. The Morgan fingerprint density at radius 1 is 1.21 bits per heavy atom. The van der Waals surface area contributed by atoms with E-state index >= 15 is 0 Å². The minimum absolute atomic E-state index is 0.245. The Morgan fingerprint density at radius 3 is 2.38 bits per heavy atom. The second kappa shape index (κ2) is 5.26. The summed E-state index contributed by atoms with van der Waals surface area (Å²) in [7, 11) is 0. The molecule has 1 aliphatic carbocycles. The molecule has 4 rings (SSSR count). The lowest BCUT2D eigenvalue weighted by atomic mass is 9.66. The summed E-state index contributed by atoms with van der Waals surface area (Å²) in [6.07, 6.45) is 4.06. The van der Waals surface area contributed by atoms with Gasteiger partial charge >= 0.3 is 5.97 Å². The number of hydroxylamine groups is 2. The maximum atomic E-state index is 12.6. The minimum Gasteiger partial charge on any atom is -0.329 e. The largest absolute Gasteiger partial charge is 0.339 e. The predicted octanol–water partition coefficient (Wildman–Crippen LogP) is 1.27. The first-order valence-electron chi connectivity index (χ1n) is 7.66. The number of carbonyl (C=O) groups excluding carboxylic acids is 3. The number of fused-ring (bicyclic) bond motifs is 1. The first kappa shape index (κ1) is 14.6. The minimum atomic E-state index is -0.758. The van der Waals surface area contributed by atoms with Gasteiger partial charge in [-0.3, -0.25) is 9.59 Å². The van der Waals surface area contributed by atoms with Gasteiger partial charge in [0.25, 0.3) is 11.8 Å². The van der Waals surface area contributed by atoms with Crippen molar-refractivity contribution in [2.24, 2.45) is 5.41 Å². The average molecular weight is 326 g/mol. The normalized spacial score (nSPS) is 18.2. The lowest BCUT2D eigenvalue weighted by Crippen LogP contribution is -2.45. The molecule has 0 bridgehead atoms. The number of rotatable bonds is 4. The Morgan fingerprint density at radius 2 is 1.88 bits per heavy atom. The number of H-pyrrole nitrogens is 1. The number of aromatic amines is 1. The van der Waals surface area contributed by atoms with Crippen LogP contribution in [0.3, 0.4) is 0 Å². The van der Waals surface area contributed by atoms with Crippen LogP contribution in [0.5, 0.6) is 0 Å². The van der Waals surface area contributed by atoms with Crippen LogP contribution in [-0.4, -0.2) is 38.3 Å². The van der Waals surface area contributed by atoms with Crippen molar-refractivity contribution in [2.75, 3.05) is 0 Å². The van der Waals surface area contributed by atoms with Gasteiger partial charge < -0.3 is 4.84 Å². The Balaban J connectivity index is 1.54. The topological polar surface area (TPSA) is 105 Å². The van der Waals surface area contributed by atoms with E-state index in [-0.39, 0.29) is 11.1 Å². The molecule has 8 heteroatoms. The standard InChI is InChI=1S/C16H14N4O4/c21-13-11-4-1-2-5-12(11)14(22)20(13)24-15(23)16(6-3-7-16)8-10-9-17-19-18-10/h1-2,4-5,9H,3,6-8H2,(H,17,18,19). The lowest BCUT2D eigenvalue weighted by Gasteiger charge is -2.38. The van der Waals surface area contributed by atoms with Gasteiger partial charge in [0.1, 0.15) is 0 Å². The lowest BCUT2D eigenvalue weighted by molar-refractivity contribution is -0.187. The molecule has 24 heavy (non-hydrogen) atoms. The van der Waals surface area contributed by atoms with Crippen molar-refractivity contribution in [1.82, 2.24) is 20.5 Å². The SMILES string of the molecule is O=C1c2ccccc2C(=O)N1OC(=O)C1(Cc2cn[nH]n2)CCC1. The van der Waals surface area contributed by atoms with E-state index in [9.17, 15) is 14.4 Å². The number of nitrogens with one attached hydrogen (secondary N) is 1. The fourth-order valence-electron chi connectivity index (χ4n) is 3.14. The summed E-state index contributed by atoms with van der Waals surface area (Å²) in [6, 6.07) is 6.40. The van der Waals surface area contributed by atoms with Crippen molar-refractivity contribution in [2.45, 2.75) is 25.7 Å². The van der Waals surface area contributed by atoms with Gasteiger partial charge in [-0.25, -0.2) is 4.79 Å². The fraction of sp³-hybridized carbons (Fsp3) is 0.312. The van der Waals surface area contributed by atoms with Gasteiger partial charge in [-0.15, -0.1) is 0 Å². The third-order valence-electron chi connectivity index (χ3n) is 4.66. The molecule has 1 fully saturated rings. The Hall–Kier alpha value is -3.03. The summed E-state index contributed by atoms with van der Waals surface area (Å²) in [4.78, 5) is 42.4. The summed E-state index contributed by atoms with van der Waals surface area (Å²) in [5, 5.41) is 10.8. The van der Waals surface area contributed by atoms with Crippen LogP contribution >= 0.6 is 0 Å². The third kappa shape index (κ3) is 2.10. The van der Waals surface area contributed by atoms with Crippen molar-refractivity contribution >= 4 is 17.8 Å². The molecule has 1 aliphatic heterocycles. The van der Waals surface area contributed by atoms with Gasteiger partial charge in [-0.05, 0) is 25.0 Å². The van der Waals surface area contributed by atoms with E-state index in [2.05, 4.69) is 15.4 Å².